The summed E-state index contributed by atoms with van der Waals surface area (Å²) < 4.78 is 10.4. The van der Waals surface area contributed by atoms with Gasteiger partial charge in [0, 0.05) is 5.56 Å². The maximum Gasteiger partial charge on any atom is 0.307 e. The molecule has 0 unspecified atom stereocenters. The van der Waals surface area contributed by atoms with Crippen molar-refractivity contribution in [2.45, 2.75) is 65.7 Å². The standard InChI is InChI=1S/C13H18O3.C13H18O2/c1-13(2,3)10-6-5-9(7-12(14)15)11(8-10)16-4;1-9(14)11-7-6-10(13(2,3)4)8-12(11)15-5/h5-6,8H,7H2,1-4H3,(H,14,15);6-8H,1-5H3. The fourth-order valence-corrected chi connectivity index (χ4v) is 2.97. The van der Waals surface area contributed by atoms with Crippen LogP contribution in [0.1, 0.15) is 75.5 Å². The van der Waals surface area contributed by atoms with Crippen LogP contribution in [0.4, 0.5) is 0 Å². The van der Waals surface area contributed by atoms with Crippen LogP contribution in [0.2, 0.25) is 0 Å². The van der Waals surface area contributed by atoms with E-state index in [4.69, 9.17) is 14.6 Å². The van der Waals surface area contributed by atoms with Gasteiger partial charge in [0.1, 0.15) is 11.5 Å². The van der Waals surface area contributed by atoms with Gasteiger partial charge < -0.3 is 14.6 Å². The molecule has 0 aliphatic rings. The summed E-state index contributed by atoms with van der Waals surface area (Å²) in [5.74, 6) is 0.499. The Labute approximate surface area is 186 Å². The SMILES string of the molecule is COc1cc(C(C)(C)C)ccc1C(C)=O.COc1cc(C(C)(C)C)ccc1CC(=O)O. The van der Waals surface area contributed by atoms with Crippen LogP contribution in [0.15, 0.2) is 36.4 Å². The third-order valence-electron chi connectivity index (χ3n) is 4.94. The topological polar surface area (TPSA) is 72.8 Å². The largest absolute Gasteiger partial charge is 0.496 e. The Morgan fingerprint density at radius 1 is 0.806 bits per heavy atom. The number of ether oxygens (including phenoxy) is 2. The molecule has 2 rings (SSSR count). The molecular formula is C26H36O5. The second kappa shape index (κ2) is 10.5. The molecule has 0 radical (unpaired) electrons. The number of benzene rings is 2. The number of carboxylic acids is 1. The van der Waals surface area contributed by atoms with Crippen LogP contribution in [0, 0.1) is 0 Å². The van der Waals surface area contributed by atoms with E-state index in [-0.39, 0.29) is 23.0 Å². The summed E-state index contributed by atoms with van der Waals surface area (Å²) in [6.07, 6.45) is -0.00635. The zero-order valence-electron chi connectivity index (χ0n) is 20.3. The number of hydrogen-bond acceptors (Lipinski definition) is 4. The number of aliphatic carboxylic acids is 1. The van der Waals surface area contributed by atoms with E-state index in [2.05, 4.69) is 41.5 Å². The van der Waals surface area contributed by atoms with Crippen molar-refractivity contribution in [2.75, 3.05) is 14.2 Å². The molecule has 31 heavy (non-hydrogen) atoms. The number of Topliss-reactive ketones (excluding diaryl/α,β-unsaturated/α-hetero) is 1. The van der Waals surface area contributed by atoms with Gasteiger partial charge in [-0.05, 0) is 47.1 Å². The minimum absolute atomic E-state index is 0.00635. The van der Waals surface area contributed by atoms with Crippen molar-refractivity contribution >= 4 is 11.8 Å². The van der Waals surface area contributed by atoms with Crippen molar-refractivity contribution in [3.63, 3.8) is 0 Å². The number of carbonyl (C=O) groups is 2. The van der Waals surface area contributed by atoms with Gasteiger partial charge in [0.15, 0.2) is 5.78 Å². The number of carbonyl (C=O) groups excluding carboxylic acids is 1. The van der Waals surface area contributed by atoms with Crippen molar-refractivity contribution in [1.29, 1.82) is 0 Å². The average molecular weight is 429 g/mol. The van der Waals surface area contributed by atoms with Crippen molar-refractivity contribution in [1.82, 2.24) is 0 Å². The molecular weight excluding hydrogens is 392 g/mol. The zero-order chi connectivity index (χ0) is 24.0. The lowest BCUT2D eigenvalue weighted by Gasteiger charge is -2.20. The van der Waals surface area contributed by atoms with E-state index in [1.807, 2.05) is 36.4 Å². The van der Waals surface area contributed by atoms with Gasteiger partial charge in [-0.1, -0.05) is 59.7 Å². The Morgan fingerprint density at radius 2 is 1.26 bits per heavy atom. The van der Waals surface area contributed by atoms with Crippen LogP contribution in [-0.4, -0.2) is 31.1 Å². The van der Waals surface area contributed by atoms with Crippen molar-refractivity contribution in [3.05, 3.63) is 58.7 Å². The highest BCUT2D eigenvalue weighted by atomic mass is 16.5. The molecule has 5 heteroatoms. The quantitative estimate of drug-likeness (QED) is 0.608. The predicted octanol–water partition coefficient (Wildman–Crippen LogP) is 5.82. The summed E-state index contributed by atoms with van der Waals surface area (Å²) in [5.41, 5.74) is 3.77. The molecule has 0 atom stereocenters. The van der Waals surface area contributed by atoms with E-state index in [9.17, 15) is 9.59 Å². The molecule has 2 aromatic carbocycles. The first-order valence-electron chi connectivity index (χ1n) is 10.3. The van der Waals surface area contributed by atoms with Gasteiger partial charge >= 0.3 is 5.97 Å². The lowest BCUT2D eigenvalue weighted by atomic mass is 9.86. The van der Waals surface area contributed by atoms with Crippen LogP contribution in [0.25, 0.3) is 0 Å². The zero-order valence-corrected chi connectivity index (χ0v) is 20.3. The Bertz CT molecular complexity index is 914. The van der Waals surface area contributed by atoms with Gasteiger partial charge in [-0.25, -0.2) is 0 Å². The van der Waals surface area contributed by atoms with Gasteiger partial charge in [0.05, 0.1) is 26.2 Å². The van der Waals surface area contributed by atoms with Crippen molar-refractivity contribution in [3.8, 4) is 11.5 Å². The number of methoxy groups -OCH3 is 2. The molecule has 0 spiro atoms. The molecule has 0 saturated heterocycles. The van der Waals surface area contributed by atoms with Crippen molar-refractivity contribution in [2.24, 2.45) is 0 Å². The molecule has 0 aliphatic heterocycles. The Kier molecular flexibility index (Phi) is 8.85. The van der Waals surface area contributed by atoms with E-state index in [0.29, 0.717) is 22.6 Å². The maximum absolute atomic E-state index is 11.3. The highest BCUT2D eigenvalue weighted by molar-refractivity contribution is 5.96. The minimum atomic E-state index is -0.846. The lowest BCUT2D eigenvalue weighted by molar-refractivity contribution is -0.136. The van der Waals surface area contributed by atoms with Gasteiger partial charge in [-0.15, -0.1) is 0 Å². The predicted molar refractivity (Wildman–Crippen MR) is 125 cm³/mol. The summed E-state index contributed by atoms with van der Waals surface area (Å²) in [5, 5.41) is 8.76. The smallest absolute Gasteiger partial charge is 0.307 e. The second-order valence-corrected chi connectivity index (χ2v) is 9.57. The molecule has 0 bridgehead atoms. The number of ketones is 1. The molecule has 1 N–H and O–H groups in total. The first kappa shape index (κ1) is 26.2. The van der Waals surface area contributed by atoms with E-state index >= 15 is 0 Å². The number of hydrogen-bond donors (Lipinski definition) is 1. The average Bonchev–Trinajstić information content (AvgIpc) is 2.66. The molecule has 0 aliphatic carbocycles. The molecule has 0 heterocycles. The first-order valence-corrected chi connectivity index (χ1v) is 10.3. The normalized spacial score (nSPS) is 11.3. The summed E-state index contributed by atoms with van der Waals surface area (Å²) in [6.45, 7) is 14.3. The van der Waals surface area contributed by atoms with Crippen LogP contribution >= 0.6 is 0 Å². The van der Waals surface area contributed by atoms with Gasteiger partial charge in [0.2, 0.25) is 0 Å². The Morgan fingerprint density at radius 3 is 1.65 bits per heavy atom. The van der Waals surface area contributed by atoms with Crippen LogP contribution in [0.5, 0.6) is 11.5 Å². The second-order valence-electron chi connectivity index (χ2n) is 9.57. The summed E-state index contributed by atoms with van der Waals surface area (Å²) in [6, 6.07) is 11.5. The fraction of sp³-hybridized carbons (Fsp3) is 0.462. The van der Waals surface area contributed by atoms with Crippen LogP contribution in [-0.2, 0) is 22.0 Å². The highest BCUT2D eigenvalue weighted by Crippen LogP contribution is 2.29. The van der Waals surface area contributed by atoms with E-state index < -0.39 is 5.97 Å². The molecule has 0 amide bonds. The first-order chi connectivity index (χ1) is 14.2. The third kappa shape index (κ3) is 7.74. The minimum Gasteiger partial charge on any atom is -0.496 e. The number of rotatable bonds is 5. The Balaban J connectivity index is 0.000000311. The molecule has 0 saturated carbocycles. The highest BCUT2D eigenvalue weighted by Gasteiger charge is 2.18. The van der Waals surface area contributed by atoms with E-state index in [0.717, 1.165) is 5.56 Å². The van der Waals surface area contributed by atoms with Gasteiger partial charge in [-0.3, -0.25) is 9.59 Å². The van der Waals surface area contributed by atoms with Crippen LogP contribution in [0.3, 0.4) is 0 Å². The molecule has 0 aromatic heterocycles. The molecule has 0 fully saturated rings. The molecule has 170 valence electrons. The van der Waals surface area contributed by atoms with Gasteiger partial charge in [0.25, 0.3) is 0 Å². The summed E-state index contributed by atoms with van der Waals surface area (Å²) >= 11 is 0. The molecule has 2 aromatic rings. The summed E-state index contributed by atoms with van der Waals surface area (Å²) in [7, 11) is 3.15. The van der Waals surface area contributed by atoms with Crippen molar-refractivity contribution < 1.29 is 24.2 Å². The van der Waals surface area contributed by atoms with Gasteiger partial charge in [-0.2, -0.15) is 0 Å². The lowest BCUT2D eigenvalue weighted by Crippen LogP contribution is -2.12. The molecule has 5 nitrogen and oxygen atoms in total. The van der Waals surface area contributed by atoms with E-state index in [1.54, 1.807) is 21.1 Å². The summed E-state index contributed by atoms with van der Waals surface area (Å²) in [4.78, 5) is 22.0. The monoisotopic (exact) mass is 428 g/mol. The van der Waals surface area contributed by atoms with E-state index in [1.165, 1.54) is 5.56 Å². The third-order valence-corrected chi connectivity index (χ3v) is 4.94. The fourth-order valence-electron chi connectivity index (χ4n) is 2.97. The van der Waals surface area contributed by atoms with Crippen LogP contribution < -0.4 is 9.47 Å². The maximum atomic E-state index is 11.3. The number of carboxylic acid groups (broad SMARTS) is 1. The Hall–Kier alpha value is -2.82.